The number of alkyl halides is 6. The molecule has 0 saturated carbocycles. The fraction of sp³-hybridized carbons (Fsp3) is 0.333. The molecule has 2 rings (SSSR count). The average Bonchev–Trinajstić information content (AvgIpc) is 2.46. The third kappa shape index (κ3) is 1.63. The van der Waals surface area contributed by atoms with Gasteiger partial charge in [0.1, 0.15) is 5.75 Å². The van der Waals surface area contributed by atoms with Crippen molar-refractivity contribution in [1.29, 1.82) is 0 Å². The summed E-state index contributed by atoms with van der Waals surface area (Å²) in [6, 6.07) is 3.75. The van der Waals surface area contributed by atoms with E-state index in [1.807, 2.05) is 0 Å². The molecule has 0 amide bonds. The van der Waals surface area contributed by atoms with Gasteiger partial charge in [-0.1, -0.05) is 12.1 Å². The van der Waals surface area contributed by atoms with Crippen molar-refractivity contribution in [2.24, 2.45) is 0 Å². The van der Waals surface area contributed by atoms with Crippen molar-refractivity contribution < 1.29 is 35.5 Å². The molecule has 0 spiro atoms. The van der Waals surface area contributed by atoms with Crippen molar-refractivity contribution >= 4 is 5.57 Å². The lowest BCUT2D eigenvalue weighted by atomic mass is 10.0. The molecule has 0 bridgehead atoms. The van der Waals surface area contributed by atoms with Gasteiger partial charge in [-0.15, -0.1) is 0 Å². The lowest BCUT2D eigenvalue weighted by molar-refractivity contribution is -0.263. The normalized spacial score (nSPS) is 23.0. The molecule has 0 aromatic heterocycles. The van der Waals surface area contributed by atoms with Crippen molar-refractivity contribution in [2.45, 2.75) is 17.8 Å². The molecule has 0 radical (unpaired) electrons. The highest BCUT2D eigenvalue weighted by Crippen LogP contribution is 2.62. The summed E-state index contributed by atoms with van der Waals surface area (Å²) in [7, 11) is 1.25. The van der Waals surface area contributed by atoms with E-state index in [1.54, 1.807) is 0 Å². The highest BCUT2D eigenvalue weighted by molar-refractivity contribution is 5.78. The van der Waals surface area contributed by atoms with Crippen molar-refractivity contribution in [3.05, 3.63) is 35.7 Å². The van der Waals surface area contributed by atoms with E-state index in [9.17, 15) is 30.7 Å². The van der Waals surface area contributed by atoms with E-state index >= 15 is 0 Å². The van der Waals surface area contributed by atoms with Gasteiger partial charge in [0, 0.05) is 0 Å². The summed E-state index contributed by atoms with van der Waals surface area (Å²) < 4.78 is 97.0. The van der Waals surface area contributed by atoms with Gasteiger partial charge in [0.25, 0.3) is 0 Å². The topological polar surface area (TPSA) is 9.23 Å². The van der Waals surface area contributed by atoms with Gasteiger partial charge in [-0.3, -0.25) is 0 Å². The molecule has 1 aliphatic carbocycles. The number of halogens is 7. The molecule has 0 N–H and O–H groups in total. The minimum Gasteiger partial charge on any atom is -0.497 e. The zero-order valence-corrected chi connectivity index (χ0v) is 9.86. The summed E-state index contributed by atoms with van der Waals surface area (Å²) in [6.07, 6.45) is 0. The maximum Gasteiger partial charge on any atom is 0.383 e. The van der Waals surface area contributed by atoms with E-state index in [-0.39, 0.29) is 5.75 Å². The molecule has 1 aliphatic rings. The maximum atomic E-state index is 13.4. The minimum atomic E-state index is -5.82. The second kappa shape index (κ2) is 4.13. The Morgan fingerprint density at radius 2 is 1.35 bits per heavy atom. The van der Waals surface area contributed by atoms with E-state index in [1.165, 1.54) is 7.11 Å². The first-order valence-electron chi connectivity index (χ1n) is 5.26. The van der Waals surface area contributed by atoms with Crippen LogP contribution in [-0.4, -0.2) is 24.9 Å². The standard InChI is InChI=1S/C12H7F7O/c1-20-7-4-2-6(3-5-7)8-9(13)11(16,17)12(18,19)10(8,14)15/h2-5H,1H3. The van der Waals surface area contributed by atoms with Gasteiger partial charge in [-0.05, 0) is 17.7 Å². The maximum absolute atomic E-state index is 13.4. The quantitative estimate of drug-likeness (QED) is 0.740. The van der Waals surface area contributed by atoms with Crippen LogP contribution in [0.1, 0.15) is 5.56 Å². The Bertz CT molecular complexity index is 560. The highest BCUT2D eigenvalue weighted by atomic mass is 19.3. The first-order valence-corrected chi connectivity index (χ1v) is 5.26. The van der Waals surface area contributed by atoms with Gasteiger partial charge in [0.15, 0.2) is 5.83 Å². The van der Waals surface area contributed by atoms with Crippen LogP contribution in [0.2, 0.25) is 0 Å². The van der Waals surface area contributed by atoms with Gasteiger partial charge >= 0.3 is 17.8 Å². The van der Waals surface area contributed by atoms with E-state index in [0.29, 0.717) is 0 Å². The Labute approximate surface area is 108 Å². The number of allylic oxidation sites excluding steroid dienone is 2. The molecule has 0 fully saturated rings. The van der Waals surface area contributed by atoms with Crippen LogP contribution in [0.4, 0.5) is 30.7 Å². The molecule has 0 unspecified atom stereocenters. The third-order valence-corrected chi connectivity index (χ3v) is 2.98. The van der Waals surface area contributed by atoms with E-state index in [0.717, 1.165) is 24.3 Å². The fourth-order valence-corrected chi connectivity index (χ4v) is 1.85. The van der Waals surface area contributed by atoms with E-state index < -0.39 is 34.7 Å². The molecule has 0 aliphatic heterocycles. The molecule has 8 heteroatoms. The molecule has 1 aromatic rings. The Kier molecular flexibility index (Phi) is 3.03. The number of hydrogen-bond acceptors (Lipinski definition) is 1. The first kappa shape index (κ1) is 14.7. The zero-order chi connectivity index (χ0) is 15.3. The lowest BCUT2D eigenvalue weighted by Crippen LogP contribution is -2.48. The van der Waals surface area contributed by atoms with Gasteiger partial charge in [-0.2, -0.15) is 26.3 Å². The largest absolute Gasteiger partial charge is 0.497 e. The van der Waals surface area contributed by atoms with Crippen molar-refractivity contribution in [1.82, 2.24) is 0 Å². The predicted octanol–water partition coefficient (Wildman–Crippen LogP) is 4.30. The lowest BCUT2D eigenvalue weighted by Gasteiger charge is -2.24. The molecular weight excluding hydrogens is 293 g/mol. The van der Waals surface area contributed by atoms with Crippen LogP contribution < -0.4 is 4.74 Å². The molecule has 0 heterocycles. The van der Waals surface area contributed by atoms with Crippen LogP contribution in [0.25, 0.3) is 5.57 Å². The zero-order valence-electron chi connectivity index (χ0n) is 9.86. The number of ether oxygens (including phenoxy) is 1. The van der Waals surface area contributed by atoms with E-state index in [4.69, 9.17) is 4.74 Å². The summed E-state index contributed by atoms with van der Waals surface area (Å²) in [5.74, 6) is -19.3. The minimum absolute atomic E-state index is 0.176. The summed E-state index contributed by atoms with van der Waals surface area (Å²) in [4.78, 5) is 0. The Morgan fingerprint density at radius 1 is 0.850 bits per heavy atom. The second-order valence-electron chi connectivity index (χ2n) is 4.14. The molecule has 1 nitrogen and oxygen atoms in total. The second-order valence-corrected chi connectivity index (χ2v) is 4.14. The Hall–Kier alpha value is -1.73. The summed E-state index contributed by atoms with van der Waals surface area (Å²) in [6.45, 7) is 0. The molecule has 0 saturated heterocycles. The van der Waals surface area contributed by atoms with Crippen LogP contribution in [0.3, 0.4) is 0 Å². The molecule has 20 heavy (non-hydrogen) atoms. The predicted molar refractivity (Wildman–Crippen MR) is 55.9 cm³/mol. The summed E-state index contributed by atoms with van der Waals surface area (Å²) >= 11 is 0. The van der Waals surface area contributed by atoms with Crippen LogP contribution in [0.15, 0.2) is 30.1 Å². The van der Waals surface area contributed by atoms with Crippen LogP contribution in [-0.2, 0) is 0 Å². The van der Waals surface area contributed by atoms with Crippen molar-refractivity contribution in [3.63, 3.8) is 0 Å². The Balaban J connectivity index is 2.62. The smallest absolute Gasteiger partial charge is 0.383 e. The fourth-order valence-electron chi connectivity index (χ4n) is 1.85. The van der Waals surface area contributed by atoms with Crippen molar-refractivity contribution in [3.8, 4) is 5.75 Å². The van der Waals surface area contributed by atoms with Crippen LogP contribution in [0, 0.1) is 0 Å². The molecule has 1 aromatic carbocycles. The third-order valence-electron chi connectivity index (χ3n) is 2.98. The number of methoxy groups -OCH3 is 1. The van der Waals surface area contributed by atoms with Crippen molar-refractivity contribution in [2.75, 3.05) is 7.11 Å². The van der Waals surface area contributed by atoms with Gasteiger partial charge in [0.2, 0.25) is 0 Å². The first-order chi connectivity index (χ1) is 9.07. The molecule has 0 atom stereocenters. The van der Waals surface area contributed by atoms with Gasteiger partial charge < -0.3 is 4.74 Å². The van der Waals surface area contributed by atoms with Gasteiger partial charge in [0.05, 0.1) is 12.7 Å². The van der Waals surface area contributed by atoms with Gasteiger partial charge in [-0.25, -0.2) is 4.39 Å². The highest BCUT2D eigenvalue weighted by Gasteiger charge is 2.81. The summed E-state index contributed by atoms with van der Waals surface area (Å²) in [5, 5.41) is 0. The number of rotatable bonds is 2. The van der Waals surface area contributed by atoms with E-state index in [2.05, 4.69) is 0 Å². The average molecular weight is 300 g/mol. The SMILES string of the molecule is COc1ccc(C2=C(F)C(F)(F)C(F)(F)C2(F)F)cc1. The molecule has 110 valence electrons. The number of benzene rings is 1. The van der Waals surface area contributed by atoms with Crippen LogP contribution in [0.5, 0.6) is 5.75 Å². The molecular formula is C12H7F7O. The monoisotopic (exact) mass is 300 g/mol. The summed E-state index contributed by atoms with van der Waals surface area (Å²) in [5.41, 5.74) is -2.76. The van der Waals surface area contributed by atoms with Crippen LogP contribution >= 0.6 is 0 Å². The number of hydrogen-bond donors (Lipinski definition) is 0. The Morgan fingerprint density at radius 3 is 1.70 bits per heavy atom.